The van der Waals surface area contributed by atoms with E-state index in [0.717, 1.165) is 35.6 Å². The minimum absolute atomic E-state index is 0.0149. The van der Waals surface area contributed by atoms with E-state index in [9.17, 15) is 10.1 Å². The third kappa shape index (κ3) is 3.31. The first-order valence-electron chi connectivity index (χ1n) is 6.82. The Hall–Kier alpha value is -1.90. The van der Waals surface area contributed by atoms with Crippen LogP contribution >= 0.6 is 0 Å². The lowest BCUT2D eigenvalue weighted by Crippen LogP contribution is -2.13. The molecule has 19 heavy (non-hydrogen) atoms. The summed E-state index contributed by atoms with van der Waals surface area (Å²) in [5.74, 6) is 0.0149. The largest absolute Gasteiger partial charge is 0.265 e. The lowest BCUT2D eigenvalue weighted by molar-refractivity contribution is -0.483. The van der Waals surface area contributed by atoms with Crippen molar-refractivity contribution in [2.24, 2.45) is 0 Å². The predicted octanol–water partition coefficient (Wildman–Crippen LogP) is 4.39. The summed E-state index contributed by atoms with van der Waals surface area (Å²) in [5.41, 5.74) is 1.11. The summed E-state index contributed by atoms with van der Waals surface area (Å²) in [7, 11) is 0. The fourth-order valence-corrected chi connectivity index (χ4v) is 2.58. The number of hydrogen-bond donors (Lipinski definition) is 0. The predicted molar refractivity (Wildman–Crippen MR) is 78.1 cm³/mol. The van der Waals surface area contributed by atoms with Gasteiger partial charge in [-0.15, -0.1) is 0 Å². The maximum Gasteiger partial charge on any atom is 0.210 e. The molecule has 0 saturated carbocycles. The fourth-order valence-electron chi connectivity index (χ4n) is 2.58. The third-order valence-corrected chi connectivity index (χ3v) is 3.54. The molecule has 0 amide bonds. The van der Waals surface area contributed by atoms with Gasteiger partial charge in [-0.3, -0.25) is 10.1 Å². The van der Waals surface area contributed by atoms with Gasteiger partial charge in [-0.05, 0) is 22.8 Å². The normalized spacial score (nSPS) is 12.5. The number of unbranched alkanes of at least 4 members (excludes halogenated alkanes) is 1. The highest BCUT2D eigenvalue weighted by Crippen LogP contribution is 2.29. The Labute approximate surface area is 113 Å². The average molecular weight is 257 g/mol. The number of benzene rings is 2. The molecule has 0 aromatic heterocycles. The fraction of sp³-hybridized carbons (Fsp3) is 0.375. The minimum Gasteiger partial charge on any atom is -0.265 e. The highest BCUT2D eigenvalue weighted by Gasteiger charge is 2.19. The Balaban J connectivity index is 2.39. The first-order valence-corrected chi connectivity index (χ1v) is 6.82. The van der Waals surface area contributed by atoms with Gasteiger partial charge in [0, 0.05) is 10.8 Å². The van der Waals surface area contributed by atoms with Gasteiger partial charge in [0.05, 0.1) is 0 Å². The molecule has 3 nitrogen and oxygen atoms in total. The van der Waals surface area contributed by atoms with Crippen molar-refractivity contribution >= 4 is 10.8 Å². The van der Waals surface area contributed by atoms with Crippen molar-refractivity contribution in [1.29, 1.82) is 0 Å². The number of nitrogens with zero attached hydrogens (tertiary/aromatic N) is 1. The molecule has 1 atom stereocenters. The van der Waals surface area contributed by atoms with Crippen LogP contribution in [0.4, 0.5) is 0 Å². The molecule has 0 aliphatic rings. The van der Waals surface area contributed by atoms with Gasteiger partial charge >= 0.3 is 0 Å². The summed E-state index contributed by atoms with van der Waals surface area (Å²) in [5, 5.41) is 13.2. The SMILES string of the molecule is CCCCC(C[N+](=O)[O-])c1cccc2ccccc12. The zero-order valence-electron chi connectivity index (χ0n) is 11.2. The molecule has 2 rings (SSSR count). The number of nitro groups is 1. The molecular weight excluding hydrogens is 238 g/mol. The van der Waals surface area contributed by atoms with Gasteiger partial charge in [-0.2, -0.15) is 0 Å². The van der Waals surface area contributed by atoms with E-state index < -0.39 is 0 Å². The van der Waals surface area contributed by atoms with Crippen molar-refractivity contribution in [1.82, 2.24) is 0 Å². The second-order valence-corrected chi connectivity index (χ2v) is 4.92. The monoisotopic (exact) mass is 257 g/mol. The molecule has 0 heterocycles. The zero-order valence-corrected chi connectivity index (χ0v) is 11.2. The molecule has 0 aliphatic heterocycles. The van der Waals surface area contributed by atoms with Crippen LogP contribution < -0.4 is 0 Å². The van der Waals surface area contributed by atoms with E-state index in [1.165, 1.54) is 0 Å². The molecule has 0 saturated heterocycles. The average Bonchev–Trinajstić information content (AvgIpc) is 2.42. The minimum atomic E-state index is -0.192. The standard InChI is InChI=1S/C16H19NO2/c1-2-3-7-14(12-17(18)19)16-11-6-9-13-8-4-5-10-15(13)16/h4-6,8-11,14H,2-3,7,12H2,1H3. The van der Waals surface area contributed by atoms with Crippen LogP contribution in [-0.2, 0) is 0 Å². The summed E-state index contributed by atoms with van der Waals surface area (Å²) in [6.45, 7) is 2.14. The van der Waals surface area contributed by atoms with Gasteiger partial charge in [0.25, 0.3) is 0 Å². The molecule has 0 bridgehead atoms. The van der Waals surface area contributed by atoms with Gasteiger partial charge in [-0.25, -0.2) is 0 Å². The van der Waals surface area contributed by atoms with Crippen molar-refractivity contribution < 1.29 is 4.92 Å². The van der Waals surface area contributed by atoms with Crippen molar-refractivity contribution in [2.45, 2.75) is 32.1 Å². The van der Waals surface area contributed by atoms with Crippen LogP contribution in [0.25, 0.3) is 10.8 Å². The molecule has 1 unspecified atom stereocenters. The maximum absolute atomic E-state index is 10.9. The molecule has 0 spiro atoms. The molecular formula is C16H19NO2. The lowest BCUT2D eigenvalue weighted by atomic mass is 9.89. The van der Waals surface area contributed by atoms with Gasteiger partial charge in [0.15, 0.2) is 0 Å². The molecule has 2 aromatic rings. The molecule has 2 aromatic carbocycles. The van der Waals surface area contributed by atoms with Crippen LogP contribution in [0.1, 0.15) is 37.7 Å². The molecule has 0 radical (unpaired) electrons. The summed E-state index contributed by atoms with van der Waals surface area (Å²) < 4.78 is 0. The lowest BCUT2D eigenvalue weighted by Gasteiger charge is -2.15. The van der Waals surface area contributed by atoms with Crippen LogP contribution in [-0.4, -0.2) is 11.5 Å². The topological polar surface area (TPSA) is 43.1 Å². The second kappa shape index (κ2) is 6.32. The van der Waals surface area contributed by atoms with Crippen molar-refractivity contribution in [3.8, 4) is 0 Å². The summed E-state index contributed by atoms with van der Waals surface area (Å²) in [4.78, 5) is 10.7. The van der Waals surface area contributed by atoms with Crippen molar-refractivity contribution in [2.75, 3.05) is 6.54 Å². The third-order valence-electron chi connectivity index (χ3n) is 3.54. The first kappa shape index (κ1) is 13.5. The van der Waals surface area contributed by atoms with Crippen LogP contribution in [0.2, 0.25) is 0 Å². The number of fused-ring (bicyclic) bond motifs is 1. The van der Waals surface area contributed by atoms with Crippen LogP contribution in [0.15, 0.2) is 42.5 Å². The van der Waals surface area contributed by atoms with E-state index in [4.69, 9.17) is 0 Å². The summed E-state index contributed by atoms with van der Waals surface area (Å²) in [6.07, 6.45) is 2.98. The van der Waals surface area contributed by atoms with E-state index in [1.54, 1.807) is 0 Å². The Morgan fingerprint density at radius 3 is 2.63 bits per heavy atom. The van der Waals surface area contributed by atoms with Crippen molar-refractivity contribution in [3.05, 3.63) is 58.1 Å². The second-order valence-electron chi connectivity index (χ2n) is 4.92. The Morgan fingerprint density at radius 1 is 1.16 bits per heavy atom. The van der Waals surface area contributed by atoms with Crippen LogP contribution in [0.3, 0.4) is 0 Å². The Bertz CT molecular complexity index is 560. The quantitative estimate of drug-likeness (QED) is 0.569. The van der Waals surface area contributed by atoms with E-state index in [-0.39, 0.29) is 17.4 Å². The highest BCUT2D eigenvalue weighted by molar-refractivity contribution is 5.86. The van der Waals surface area contributed by atoms with Gasteiger partial charge in [-0.1, -0.05) is 62.2 Å². The molecule has 100 valence electrons. The summed E-state index contributed by atoms with van der Waals surface area (Å²) in [6, 6.07) is 14.2. The molecule has 0 N–H and O–H groups in total. The van der Waals surface area contributed by atoms with Gasteiger partial charge < -0.3 is 0 Å². The van der Waals surface area contributed by atoms with Gasteiger partial charge in [0.2, 0.25) is 6.54 Å². The summed E-state index contributed by atoms with van der Waals surface area (Å²) >= 11 is 0. The maximum atomic E-state index is 10.9. The van der Waals surface area contributed by atoms with Crippen LogP contribution in [0, 0.1) is 10.1 Å². The number of hydrogen-bond acceptors (Lipinski definition) is 2. The smallest absolute Gasteiger partial charge is 0.210 e. The molecule has 0 fully saturated rings. The Kier molecular flexibility index (Phi) is 4.50. The van der Waals surface area contributed by atoms with E-state index in [1.807, 2.05) is 24.3 Å². The molecule has 0 aliphatic carbocycles. The van der Waals surface area contributed by atoms with Crippen LogP contribution in [0.5, 0.6) is 0 Å². The highest BCUT2D eigenvalue weighted by atomic mass is 16.6. The van der Waals surface area contributed by atoms with Crippen molar-refractivity contribution in [3.63, 3.8) is 0 Å². The Morgan fingerprint density at radius 2 is 1.89 bits per heavy atom. The zero-order chi connectivity index (χ0) is 13.7. The first-order chi connectivity index (χ1) is 9.22. The number of rotatable bonds is 6. The van der Waals surface area contributed by atoms with E-state index in [0.29, 0.717) is 0 Å². The van der Waals surface area contributed by atoms with E-state index in [2.05, 4.69) is 25.1 Å². The molecule has 3 heteroatoms. The van der Waals surface area contributed by atoms with E-state index >= 15 is 0 Å². The van der Waals surface area contributed by atoms with Gasteiger partial charge in [0.1, 0.15) is 0 Å².